The van der Waals surface area contributed by atoms with Crippen molar-refractivity contribution in [2.75, 3.05) is 0 Å². The summed E-state index contributed by atoms with van der Waals surface area (Å²) in [4.78, 5) is 12.6. The molecule has 1 aliphatic rings. The predicted molar refractivity (Wildman–Crippen MR) is 89.7 cm³/mol. The van der Waals surface area contributed by atoms with E-state index >= 15 is 0 Å². The Labute approximate surface area is 138 Å². The molecule has 1 fully saturated rings. The fourth-order valence-corrected chi connectivity index (χ4v) is 4.07. The SMILES string of the molecule is Cc1nn(C)c(F)c1C(=O)NC1CCCCC1C(C)CC(C)C. The molecule has 1 aromatic rings. The molecule has 0 spiro atoms. The van der Waals surface area contributed by atoms with Gasteiger partial charge in [0.05, 0.1) is 5.69 Å². The Kier molecular flexibility index (Phi) is 5.82. The van der Waals surface area contributed by atoms with Crippen molar-refractivity contribution >= 4 is 5.91 Å². The van der Waals surface area contributed by atoms with Crippen LogP contribution < -0.4 is 5.32 Å². The van der Waals surface area contributed by atoms with Crippen LogP contribution in [0.5, 0.6) is 0 Å². The van der Waals surface area contributed by atoms with E-state index in [4.69, 9.17) is 0 Å². The molecule has 1 amide bonds. The van der Waals surface area contributed by atoms with Gasteiger partial charge < -0.3 is 5.32 Å². The van der Waals surface area contributed by atoms with Crippen molar-refractivity contribution in [2.24, 2.45) is 24.8 Å². The molecule has 4 nitrogen and oxygen atoms in total. The van der Waals surface area contributed by atoms with E-state index in [0.717, 1.165) is 30.4 Å². The van der Waals surface area contributed by atoms with E-state index in [1.54, 1.807) is 6.92 Å². The maximum Gasteiger partial charge on any atom is 0.258 e. The lowest BCUT2D eigenvalue weighted by Gasteiger charge is -2.37. The molecule has 1 aliphatic carbocycles. The molecule has 1 saturated carbocycles. The van der Waals surface area contributed by atoms with Crippen molar-refractivity contribution in [3.05, 3.63) is 17.2 Å². The summed E-state index contributed by atoms with van der Waals surface area (Å²) in [6.07, 6.45) is 5.65. The topological polar surface area (TPSA) is 46.9 Å². The summed E-state index contributed by atoms with van der Waals surface area (Å²) < 4.78 is 15.2. The highest BCUT2D eigenvalue weighted by Gasteiger charge is 2.32. The molecular formula is C18H30FN3O. The van der Waals surface area contributed by atoms with Crippen LogP contribution in [0.3, 0.4) is 0 Å². The highest BCUT2D eigenvalue weighted by atomic mass is 19.1. The van der Waals surface area contributed by atoms with Gasteiger partial charge in [-0.05, 0) is 43.9 Å². The number of amides is 1. The Morgan fingerprint density at radius 1 is 1.35 bits per heavy atom. The van der Waals surface area contributed by atoms with E-state index in [-0.39, 0.29) is 17.5 Å². The first kappa shape index (κ1) is 18.0. The van der Waals surface area contributed by atoms with Gasteiger partial charge in [-0.15, -0.1) is 0 Å². The molecule has 1 heterocycles. The van der Waals surface area contributed by atoms with Crippen LogP contribution in [0.2, 0.25) is 0 Å². The summed E-state index contributed by atoms with van der Waals surface area (Å²) in [7, 11) is 1.52. The van der Waals surface area contributed by atoms with E-state index in [9.17, 15) is 9.18 Å². The number of nitrogens with zero attached hydrogens (tertiary/aromatic N) is 2. The molecule has 3 atom stereocenters. The molecule has 0 radical (unpaired) electrons. The normalized spacial score (nSPS) is 23.1. The third-order valence-corrected chi connectivity index (χ3v) is 5.09. The third-order valence-electron chi connectivity index (χ3n) is 5.09. The second-order valence-electron chi connectivity index (χ2n) is 7.51. The Morgan fingerprint density at radius 3 is 2.57 bits per heavy atom. The van der Waals surface area contributed by atoms with E-state index in [2.05, 4.69) is 31.2 Å². The van der Waals surface area contributed by atoms with Gasteiger partial charge in [0, 0.05) is 13.1 Å². The largest absolute Gasteiger partial charge is 0.349 e. The Morgan fingerprint density at radius 2 is 2.00 bits per heavy atom. The minimum Gasteiger partial charge on any atom is -0.349 e. The van der Waals surface area contributed by atoms with Gasteiger partial charge >= 0.3 is 0 Å². The Balaban J connectivity index is 2.10. The van der Waals surface area contributed by atoms with E-state index in [0.29, 0.717) is 23.4 Å². The summed E-state index contributed by atoms with van der Waals surface area (Å²) in [5.41, 5.74) is 0.540. The van der Waals surface area contributed by atoms with E-state index in [1.807, 2.05) is 0 Å². The zero-order chi connectivity index (χ0) is 17.1. The molecule has 1 aromatic heterocycles. The first-order valence-corrected chi connectivity index (χ1v) is 8.81. The molecule has 130 valence electrons. The molecule has 23 heavy (non-hydrogen) atoms. The fourth-order valence-electron chi connectivity index (χ4n) is 4.07. The summed E-state index contributed by atoms with van der Waals surface area (Å²) >= 11 is 0. The molecule has 0 aliphatic heterocycles. The van der Waals surface area contributed by atoms with Crippen LogP contribution in [0.1, 0.15) is 68.9 Å². The van der Waals surface area contributed by atoms with Crippen molar-refractivity contribution in [3.63, 3.8) is 0 Å². The zero-order valence-electron chi connectivity index (χ0n) is 15.0. The van der Waals surface area contributed by atoms with Crippen molar-refractivity contribution < 1.29 is 9.18 Å². The number of aryl methyl sites for hydroxylation is 2. The highest BCUT2D eigenvalue weighted by molar-refractivity contribution is 5.95. The highest BCUT2D eigenvalue weighted by Crippen LogP contribution is 2.33. The lowest BCUT2D eigenvalue weighted by atomic mass is 9.74. The summed E-state index contributed by atoms with van der Waals surface area (Å²) in [6, 6.07) is 0.143. The van der Waals surface area contributed by atoms with Crippen LogP contribution in [0.4, 0.5) is 4.39 Å². The summed E-state index contributed by atoms with van der Waals surface area (Å²) in [5, 5.41) is 7.10. The summed E-state index contributed by atoms with van der Waals surface area (Å²) in [6.45, 7) is 8.44. The maximum atomic E-state index is 14.1. The van der Waals surface area contributed by atoms with Gasteiger partial charge in [-0.3, -0.25) is 4.79 Å². The van der Waals surface area contributed by atoms with E-state index in [1.165, 1.54) is 13.5 Å². The lowest BCUT2D eigenvalue weighted by Crippen LogP contribution is -2.44. The van der Waals surface area contributed by atoms with Crippen LogP contribution in [-0.4, -0.2) is 21.7 Å². The second kappa shape index (κ2) is 7.45. The van der Waals surface area contributed by atoms with Crippen molar-refractivity contribution in [3.8, 4) is 0 Å². The van der Waals surface area contributed by atoms with Crippen LogP contribution >= 0.6 is 0 Å². The summed E-state index contributed by atoms with van der Waals surface area (Å²) in [5.74, 6) is 0.834. The Bertz CT molecular complexity index is 553. The quantitative estimate of drug-likeness (QED) is 0.895. The number of carbonyl (C=O) groups is 1. The van der Waals surface area contributed by atoms with Gasteiger partial charge in [-0.25, -0.2) is 4.68 Å². The molecule has 0 bridgehead atoms. The van der Waals surface area contributed by atoms with Gasteiger partial charge in [0.25, 0.3) is 5.91 Å². The number of hydrogen-bond donors (Lipinski definition) is 1. The fraction of sp³-hybridized carbons (Fsp3) is 0.778. The number of halogens is 1. The molecule has 0 aromatic carbocycles. The number of rotatable bonds is 5. The average molecular weight is 323 g/mol. The first-order chi connectivity index (χ1) is 10.8. The van der Waals surface area contributed by atoms with Gasteiger partial charge in [0.1, 0.15) is 5.56 Å². The lowest BCUT2D eigenvalue weighted by molar-refractivity contribution is 0.0872. The predicted octanol–water partition coefficient (Wildman–Crippen LogP) is 3.84. The van der Waals surface area contributed by atoms with Gasteiger partial charge in [-0.1, -0.05) is 33.6 Å². The van der Waals surface area contributed by atoms with Crippen LogP contribution in [0.15, 0.2) is 0 Å². The van der Waals surface area contributed by atoms with Crippen molar-refractivity contribution in [2.45, 2.75) is 65.8 Å². The van der Waals surface area contributed by atoms with Gasteiger partial charge in [0.2, 0.25) is 5.95 Å². The average Bonchev–Trinajstić information content (AvgIpc) is 2.71. The van der Waals surface area contributed by atoms with Crippen molar-refractivity contribution in [1.29, 1.82) is 0 Å². The van der Waals surface area contributed by atoms with Crippen molar-refractivity contribution in [1.82, 2.24) is 15.1 Å². The van der Waals surface area contributed by atoms with E-state index < -0.39 is 5.95 Å². The standard InChI is InChI=1S/C18H30FN3O/c1-11(2)10-12(3)14-8-6-7-9-15(14)20-18(23)16-13(4)21-22(5)17(16)19/h11-12,14-15H,6-10H2,1-5H3,(H,20,23). The molecule has 2 rings (SSSR count). The molecule has 1 N–H and O–H groups in total. The molecular weight excluding hydrogens is 293 g/mol. The van der Waals surface area contributed by atoms with Gasteiger partial charge in [-0.2, -0.15) is 9.49 Å². The number of nitrogens with one attached hydrogen (secondary N) is 1. The van der Waals surface area contributed by atoms with Crippen LogP contribution in [0.25, 0.3) is 0 Å². The minimum absolute atomic E-state index is 0.0911. The first-order valence-electron chi connectivity index (χ1n) is 8.81. The molecule has 5 heteroatoms. The van der Waals surface area contributed by atoms with Crippen LogP contribution in [-0.2, 0) is 7.05 Å². The minimum atomic E-state index is -0.553. The third kappa shape index (κ3) is 4.12. The molecule has 0 saturated heterocycles. The molecule has 3 unspecified atom stereocenters. The zero-order valence-corrected chi connectivity index (χ0v) is 15.0. The monoisotopic (exact) mass is 323 g/mol. The van der Waals surface area contributed by atoms with Crippen LogP contribution in [0, 0.1) is 30.6 Å². The smallest absolute Gasteiger partial charge is 0.258 e. The second-order valence-corrected chi connectivity index (χ2v) is 7.51. The maximum absolute atomic E-state index is 14.1. The number of aromatic nitrogens is 2. The number of hydrogen-bond acceptors (Lipinski definition) is 2. The van der Waals surface area contributed by atoms with Gasteiger partial charge in [0.15, 0.2) is 0 Å². The Hall–Kier alpha value is -1.39. The number of carbonyl (C=O) groups excluding carboxylic acids is 1.